The number of nitrogens with two attached hydrogens (primary N) is 1. The minimum absolute atomic E-state index is 0.103. The highest BCUT2D eigenvalue weighted by atomic mass is 32.2. The van der Waals surface area contributed by atoms with Gasteiger partial charge in [-0.05, 0) is 31.7 Å². The molecule has 0 aliphatic heterocycles. The van der Waals surface area contributed by atoms with E-state index < -0.39 is 10.0 Å². The molecule has 0 bridgehead atoms. The Morgan fingerprint density at radius 2 is 2.00 bits per heavy atom. The maximum atomic E-state index is 12.0. The van der Waals surface area contributed by atoms with Crippen molar-refractivity contribution in [1.29, 1.82) is 0 Å². The molecule has 1 rings (SSSR count). The van der Waals surface area contributed by atoms with Crippen molar-refractivity contribution in [3.63, 3.8) is 0 Å². The largest absolute Gasteiger partial charge is 0.330 e. The second-order valence-electron chi connectivity index (χ2n) is 4.64. The van der Waals surface area contributed by atoms with Crippen LogP contribution in [0.15, 0.2) is 0 Å². The Bertz CT molecular complexity index is 284. The van der Waals surface area contributed by atoms with E-state index in [9.17, 15) is 8.42 Å². The maximum absolute atomic E-state index is 12.0. The van der Waals surface area contributed by atoms with Crippen LogP contribution >= 0.6 is 0 Å². The molecule has 0 heterocycles. The van der Waals surface area contributed by atoms with Gasteiger partial charge in [0.05, 0.1) is 5.25 Å². The molecule has 2 N–H and O–H groups in total. The molecule has 0 radical (unpaired) electrons. The van der Waals surface area contributed by atoms with Gasteiger partial charge in [0.15, 0.2) is 0 Å². The van der Waals surface area contributed by atoms with Gasteiger partial charge in [0.1, 0.15) is 0 Å². The van der Waals surface area contributed by atoms with Gasteiger partial charge in [-0.1, -0.05) is 13.8 Å². The van der Waals surface area contributed by atoms with Crippen LogP contribution in [0.2, 0.25) is 0 Å². The highest BCUT2D eigenvalue weighted by Gasteiger charge is 2.39. The maximum Gasteiger partial charge on any atom is 0.216 e. The van der Waals surface area contributed by atoms with Crippen LogP contribution in [0.5, 0.6) is 0 Å². The van der Waals surface area contributed by atoms with Crippen molar-refractivity contribution < 1.29 is 8.42 Å². The number of rotatable bonds is 7. The molecule has 5 heteroatoms. The lowest BCUT2D eigenvalue weighted by Crippen LogP contribution is -2.38. The SMILES string of the molecule is CC(C)CN(CCCN)S(=O)(=O)C1CC1. The molecule has 0 atom stereocenters. The molecule has 1 aliphatic rings. The van der Waals surface area contributed by atoms with E-state index in [2.05, 4.69) is 0 Å². The lowest BCUT2D eigenvalue weighted by molar-refractivity contribution is 0.363. The molecule has 0 spiro atoms. The molecule has 1 fully saturated rings. The van der Waals surface area contributed by atoms with Crippen LogP contribution in [0.4, 0.5) is 0 Å². The van der Waals surface area contributed by atoms with Crippen LogP contribution in [0.25, 0.3) is 0 Å². The van der Waals surface area contributed by atoms with Crippen molar-refractivity contribution in [2.24, 2.45) is 11.7 Å². The smallest absolute Gasteiger partial charge is 0.216 e. The summed E-state index contributed by atoms with van der Waals surface area (Å²) in [7, 11) is -3.02. The Morgan fingerprint density at radius 1 is 1.40 bits per heavy atom. The molecule has 0 aromatic rings. The number of hydrogen-bond acceptors (Lipinski definition) is 3. The summed E-state index contributed by atoms with van der Waals surface area (Å²) in [5.41, 5.74) is 5.42. The summed E-state index contributed by atoms with van der Waals surface area (Å²) < 4.78 is 25.7. The normalized spacial score (nSPS) is 17.7. The first kappa shape index (κ1) is 12.9. The third kappa shape index (κ3) is 3.74. The number of sulfonamides is 1. The molecule has 0 unspecified atom stereocenters. The summed E-state index contributed by atoms with van der Waals surface area (Å²) in [6.07, 6.45) is 2.41. The monoisotopic (exact) mass is 234 g/mol. The van der Waals surface area contributed by atoms with Gasteiger partial charge in [-0.2, -0.15) is 0 Å². The first-order valence-corrected chi connectivity index (χ1v) is 7.17. The predicted molar refractivity (Wildman–Crippen MR) is 62.0 cm³/mol. The summed E-state index contributed by atoms with van der Waals surface area (Å²) >= 11 is 0. The van der Waals surface area contributed by atoms with E-state index in [0.717, 1.165) is 19.3 Å². The van der Waals surface area contributed by atoms with Gasteiger partial charge in [0.2, 0.25) is 10.0 Å². The minimum Gasteiger partial charge on any atom is -0.330 e. The Morgan fingerprint density at radius 3 is 2.40 bits per heavy atom. The van der Waals surface area contributed by atoms with Crippen LogP contribution < -0.4 is 5.73 Å². The van der Waals surface area contributed by atoms with Gasteiger partial charge in [-0.25, -0.2) is 12.7 Å². The highest BCUT2D eigenvalue weighted by molar-refractivity contribution is 7.90. The van der Waals surface area contributed by atoms with E-state index in [1.165, 1.54) is 0 Å². The fraction of sp³-hybridized carbons (Fsp3) is 1.00. The molecule has 1 saturated carbocycles. The fourth-order valence-corrected chi connectivity index (χ4v) is 3.62. The Hall–Kier alpha value is -0.130. The van der Waals surface area contributed by atoms with Gasteiger partial charge in [0.25, 0.3) is 0 Å². The van der Waals surface area contributed by atoms with E-state index in [-0.39, 0.29) is 5.25 Å². The summed E-state index contributed by atoms with van der Waals surface area (Å²) in [4.78, 5) is 0. The quantitative estimate of drug-likeness (QED) is 0.708. The van der Waals surface area contributed by atoms with Gasteiger partial charge in [0, 0.05) is 13.1 Å². The summed E-state index contributed by atoms with van der Waals surface area (Å²) in [6.45, 7) is 5.83. The van der Waals surface area contributed by atoms with Crippen LogP contribution in [-0.2, 0) is 10.0 Å². The van der Waals surface area contributed by atoms with E-state index in [1.807, 2.05) is 13.8 Å². The zero-order chi connectivity index (χ0) is 11.5. The predicted octanol–water partition coefficient (Wildman–Crippen LogP) is 0.785. The number of nitrogens with zero attached hydrogens (tertiary/aromatic N) is 1. The first-order valence-electron chi connectivity index (χ1n) is 5.67. The summed E-state index contributed by atoms with van der Waals surface area (Å²) in [5, 5.41) is -0.103. The topological polar surface area (TPSA) is 63.4 Å². The van der Waals surface area contributed by atoms with Gasteiger partial charge in [-0.15, -0.1) is 0 Å². The van der Waals surface area contributed by atoms with Crippen molar-refractivity contribution in [2.45, 2.75) is 38.4 Å². The minimum atomic E-state index is -3.02. The van der Waals surface area contributed by atoms with Crippen molar-refractivity contribution in [3.05, 3.63) is 0 Å². The molecular formula is C10H22N2O2S. The summed E-state index contributed by atoms with van der Waals surface area (Å²) in [5.74, 6) is 0.372. The molecule has 0 aromatic carbocycles. The standard InChI is InChI=1S/C10H22N2O2S/c1-9(2)8-12(7-3-6-11)15(13,14)10-4-5-10/h9-10H,3-8,11H2,1-2H3. The first-order chi connectivity index (χ1) is 6.98. The second-order valence-corrected chi connectivity index (χ2v) is 6.85. The van der Waals surface area contributed by atoms with Crippen molar-refractivity contribution in [1.82, 2.24) is 4.31 Å². The second kappa shape index (κ2) is 5.27. The van der Waals surface area contributed by atoms with E-state index in [1.54, 1.807) is 4.31 Å². The zero-order valence-electron chi connectivity index (χ0n) is 9.65. The van der Waals surface area contributed by atoms with Crippen LogP contribution in [0, 0.1) is 5.92 Å². The molecule has 4 nitrogen and oxygen atoms in total. The third-order valence-electron chi connectivity index (χ3n) is 2.49. The summed E-state index contributed by atoms with van der Waals surface area (Å²) in [6, 6.07) is 0. The average Bonchev–Trinajstić information content (AvgIpc) is 2.94. The van der Waals surface area contributed by atoms with Gasteiger partial charge >= 0.3 is 0 Å². The molecule has 15 heavy (non-hydrogen) atoms. The van der Waals surface area contributed by atoms with Crippen molar-refractivity contribution in [2.75, 3.05) is 19.6 Å². The lowest BCUT2D eigenvalue weighted by Gasteiger charge is -2.23. The molecular weight excluding hydrogens is 212 g/mol. The van der Waals surface area contributed by atoms with E-state index >= 15 is 0 Å². The fourth-order valence-electron chi connectivity index (χ4n) is 1.57. The van der Waals surface area contributed by atoms with Crippen molar-refractivity contribution >= 4 is 10.0 Å². The third-order valence-corrected chi connectivity index (χ3v) is 4.85. The Balaban J connectivity index is 2.61. The Kier molecular flexibility index (Phi) is 4.55. The van der Waals surface area contributed by atoms with Crippen LogP contribution in [0.3, 0.4) is 0 Å². The van der Waals surface area contributed by atoms with Crippen molar-refractivity contribution in [3.8, 4) is 0 Å². The average molecular weight is 234 g/mol. The van der Waals surface area contributed by atoms with E-state index in [0.29, 0.717) is 25.6 Å². The molecule has 0 amide bonds. The van der Waals surface area contributed by atoms with Gasteiger partial charge < -0.3 is 5.73 Å². The molecule has 0 aromatic heterocycles. The zero-order valence-corrected chi connectivity index (χ0v) is 10.5. The van der Waals surface area contributed by atoms with E-state index in [4.69, 9.17) is 5.73 Å². The molecule has 90 valence electrons. The van der Waals surface area contributed by atoms with Crippen LogP contribution in [0.1, 0.15) is 33.1 Å². The highest BCUT2D eigenvalue weighted by Crippen LogP contribution is 2.31. The number of hydrogen-bond donors (Lipinski definition) is 1. The van der Waals surface area contributed by atoms with Crippen LogP contribution in [-0.4, -0.2) is 37.6 Å². The molecule has 0 saturated heterocycles. The Labute approximate surface area is 92.9 Å². The lowest BCUT2D eigenvalue weighted by atomic mass is 10.2. The van der Waals surface area contributed by atoms with Gasteiger partial charge in [-0.3, -0.25) is 0 Å². The molecule has 1 aliphatic carbocycles.